The van der Waals surface area contributed by atoms with Crippen molar-refractivity contribution in [2.24, 2.45) is 5.41 Å². The highest BCUT2D eigenvalue weighted by atomic mass is 15.2. The van der Waals surface area contributed by atoms with Gasteiger partial charge in [-0.2, -0.15) is 0 Å². The molecule has 0 amide bonds. The van der Waals surface area contributed by atoms with Crippen molar-refractivity contribution < 1.29 is 0 Å². The fraction of sp³-hybridized carbons (Fsp3) is 1.00. The van der Waals surface area contributed by atoms with Crippen LogP contribution in [-0.2, 0) is 0 Å². The number of nitrogens with zero attached hydrogens (tertiary/aromatic N) is 1. The molecule has 0 bridgehead atoms. The van der Waals surface area contributed by atoms with E-state index < -0.39 is 0 Å². The van der Waals surface area contributed by atoms with Gasteiger partial charge in [0, 0.05) is 12.1 Å². The van der Waals surface area contributed by atoms with Gasteiger partial charge >= 0.3 is 0 Å². The molecule has 1 aliphatic heterocycles. The minimum absolute atomic E-state index is 0.562. The summed E-state index contributed by atoms with van der Waals surface area (Å²) in [7, 11) is 2.33. The highest BCUT2D eigenvalue weighted by Gasteiger charge is 2.47. The van der Waals surface area contributed by atoms with Crippen molar-refractivity contribution >= 4 is 0 Å². The van der Waals surface area contributed by atoms with Gasteiger partial charge in [-0.05, 0) is 31.7 Å². The molecule has 1 heterocycles. The van der Waals surface area contributed by atoms with Gasteiger partial charge in [-0.1, -0.05) is 47.0 Å². The SMILES string of the molecule is CC.CN1CC(C)(C)CC12CCCCC2. The molecule has 1 aliphatic carbocycles. The summed E-state index contributed by atoms with van der Waals surface area (Å²) in [6, 6.07) is 0. The van der Waals surface area contributed by atoms with E-state index >= 15 is 0 Å². The Balaban J connectivity index is 0.000000531. The van der Waals surface area contributed by atoms with Gasteiger partial charge in [-0.15, -0.1) is 0 Å². The highest BCUT2D eigenvalue weighted by molar-refractivity contribution is 5.02. The van der Waals surface area contributed by atoms with Crippen LogP contribution >= 0.6 is 0 Å². The fourth-order valence-electron chi connectivity index (χ4n) is 3.66. The summed E-state index contributed by atoms with van der Waals surface area (Å²) in [6.07, 6.45) is 8.72. The lowest BCUT2D eigenvalue weighted by Gasteiger charge is -2.39. The van der Waals surface area contributed by atoms with E-state index in [1.807, 2.05) is 13.8 Å². The molecule has 0 aromatic rings. The van der Waals surface area contributed by atoms with Crippen molar-refractivity contribution in [1.29, 1.82) is 0 Å². The Bertz CT molecular complexity index is 190. The third-order valence-electron chi connectivity index (χ3n) is 4.07. The first-order valence-electron chi connectivity index (χ1n) is 6.75. The molecule has 0 N–H and O–H groups in total. The van der Waals surface area contributed by atoms with Gasteiger partial charge < -0.3 is 4.90 Å². The number of likely N-dealkylation sites (tertiary alicyclic amines) is 1. The summed E-state index contributed by atoms with van der Waals surface area (Å²) < 4.78 is 0. The molecule has 0 aromatic heterocycles. The first-order chi connectivity index (χ1) is 7.04. The molecule has 1 nitrogen and oxygen atoms in total. The van der Waals surface area contributed by atoms with Gasteiger partial charge in [-0.3, -0.25) is 0 Å². The van der Waals surface area contributed by atoms with E-state index in [-0.39, 0.29) is 0 Å². The summed E-state index contributed by atoms with van der Waals surface area (Å²) in [5.41, 5.74) is 1.16. The van der Waals surface area contributed by atoms with Crippen LogP contribution in [-0.4, -0.2) is 24.0 Å². The predicted molar refractivity (Wildman–Crippen MR) is 68.2 cm³/mol. The summed E-state index contributed by atoms with van der Waals surface area (Å²) in [5, 5.41) is 0. The fourth-order valence-corrected chi connectivity index (χ4v) is 3.66. The van der Waals surface area contributed by atoms with Gasteiger partial charge in [-0.25, -0.2) is 0 Å². The first kappa shape index (κ1) is 13.0. The molecule has 2 aliphatic rings. The van der Waals surface area contributed by atoms with Crippen molar-refractivity contribution in [3.05, 3.63) is 0 Å². The molecule has 0 aromatic carbocycles. The molecule has 1 heteroatoms. The zero-order valence-corrected chi connectivity index (χ0v) is 11.4. The zero-order valence-electron chi connectivity index (χ0n) is 11.4. The first-order valence-corrected chi connectivity index (χ1v) is 6.75. The van der Waals surface area contributed by atoms with E-state index in [0.29, 0.717) is 11.0 Å². The quantitative estimate of drug-likeness (QED) is 0.583. The smallest absolute Gasteiger partial charge is 0.0212 e. The van der Waals surface area contributed by atoms with E-state index in [4.69, 9.17) is 0 Å². The molecule has 2 fully saturated rings. The molecule has 15 heavy (non-hydrogen) atoms. The average molecular weight is 211 g/mol. The van der Waals surface area contributed by atoms with Crippen LogP contribution in [0, 0.1) is 5.41 Å². The maximum absolute atomic E-state index is 2.64. The van der Waals surface area contributed by atoms with Crippen LogP contribution in [0.25, 0.3) is 0 Å². The Hall–Kier alpha value is -0.0400. The molecule has 1 saturated carbocycles. The summed E-state index contributed by atoms with van der Waals surface area (Å²) in [4.78, 5) is 2.64. The van der Waals surface area contributed by atoms with Gasteiger partial charge in [0.05, 0.1) is 0 Å². The molecule has 0 radical (unpaired) electrons. The van der Waals surface area contributed by atoms with Gasteiger partial charge in [0.15, 0.2) is 0 Å². The average Bonchev–Trinajstić information content (AvgIpc) is 2.41. The molecule has 2 rings (SSSR count). The van der Waals surface area contributed by atoms with Crippen LogP contribution < -0.4 is 0 Å². The van der Waals surface area contributed by atoms with Crippen LogP contribution in [0.15, 0.2) is 0 Å². The van der Waals surface area contributed by atoms with E-state index in [1.165, 1.54) is 45.1 Å². The third-order valence-corrected chi connectivity index (χ3v) is 4.07. The normalized spacial score (nSPS) is 28.6. The summed E-state index contributed by atoms with van der Waals surface area (Å²) in [6.45, 7) is 10.1. The van der Waals surface area contributed by atoms with Crippen molar-refractivity contribution in [3.8, 4) is 0 Å². The number of hydrogen-bond donors (Lipinski definition) is 0. The van der Waals surface area contributed by atoms with Crippen LogP contribution in [0.1, 0.15) is 66.2 Å². The Labute approximate surface area is 96.2 Å². The molecule has 90 valence electrons. The van der Waals surface area contributed by atoms with Crippen molar-refractivity contribution in [2.45, 2.75) is 71.8 Å². The molecule has 1 spiro atoms. The number of hydrogen-bond acceptors (Lipinski definition) is 1. The maximum Gasteiger partial charge on any atom is 0.0212 e. The van der Waals surface area contributed by atoms with E-state index in [0.717, 1.165) is 0 Å². The molecule has 0 atom stereocenters. The summed E-state index contributed by atoms with van der Waals surface area (Å²) >= 11 is 0. The minimum atomic E-state index is 0.562. The Morgan fingerprint density at radius 2 is 1.47 bits per heavy atom. The lowest BCUT2D eigenvalue weighted by atomic mass is 9.75. The molecule has 0 unspecified atom stereocenters. The zero-order chi connectivity index (χ0) is 11.5. The van der Waals surface area contributed by atoms with Gasteiger partial charge in [0.25, 0.3) is 0 Å². The molecule has 1 saturated heterocycles. The van der Waals surface area contributed by atoms with E-state index in [9.17, 15) is 0 Å². The summed E-state index contributed by atoms with van der Waals surface area (Å²) in [5.74, 6) is 0. The van der Waals surface area contributed by atoms with Crippen molar-refractivity contribution in [3.63, 3.8) is 0 Å². The third kappa shape index (κ3) is 2.75. The Morgan fingerprint density at radius 3 is 1.87 bits per heavy atom. The maximum atomic E-state index is 2.64. The van der Waals surface area contributed by atoms with Crippen LogP contribution in [0.4, 0.5) is 0 Å². The van der Waals surface area contributed by atoms with Gasteiger partial charge in [0.2, 0.25) is 0 Å². The Kier molecular flexibility index (Phi) is 4.22. The predicted octanol–water partition coefficient (Wildman–Crippen LogP) is 4.08. The largest absolute Gasteiger partial charge is 0.300 e. The second-order valence-corrected chi connectivity index (χ2v) is 5.98. The highest BCUT2D eigenvalue weighted by Crippen LogP contribution is 2.47. The van der Waals surface area contributed by atoms with E-state index in [1.54, 1.807) is 0 Å². The monoisotopic (exact) mass is 211 g/mol. The van der Waals surface area contributed by atoms with Crippen molar-refractivity contribution in [1.82, 2.24) is 4.90 Å². The lowest BCUT2D eigenvalue weighted by molar-refractivity contribution is 0.120. The van der Waals surface area contributed by atoms with Gasteiger partial charge in [0.1, 0.15) is 0 Å². The van der Waals surface area contributed by atoms with Crippen LogP contribution in [0.3, 0.4) is 0 Å². The van der Waals surface area contributed by atoms with Crippen molar-refractivity contribution in [2.75, 3.05) is 13.6 Å². The van der Waals surface area contributed by atoms with Crippen LogP contribution in [0.5, 0.6) is 0 Å². The second kappa shape index (κ2) is 4.86. The van der Waals surface area contributed by atoms with Crippen LogP contribution in [0.2, 0.25) is 0 Å². The second-order valence-electron chi connectivity index (χ2n) is 5.98. The molecular weight excluding hydrogens is 182 g/mol. The Morgan fingerprint density at radius 1 is 0.933 bits per heavy atom. The standard InChI is InChI=1S/C12H23N.C2H6/c1-11(2)9-12(13(3)10-11)7-5-4-6-8-12;1-2/h4-10H2,1-3H3;1-2H3. The molecular formula is C14H29N. The number of rotatable bonds is 0. The lowest BCUT2D eigenvalue weighted by Crippen LogP contribution is -2.42. The topological polar surface area (TPSA) is 3.24 Å². The minimum Gasteiger partial charge on any atom is -0.300 e. The van der Waals surface area contributed by atoms with E-state index in [2.05, 4.69) is 25.8 Å².